The molecule has 0 aliphatic carbocycles. The number of rotatable bonds is 0. The second-order valence-corrected chi connectivity index (χ2v) is 9.13. The Hall–Kier alpha value is 1.03. The fourth-order valence-electron chi connectivity index (χ4n) is 0.163. The maximum absolute atomic E-state index is 2.86. The Morgan fingerprint density at radius 1 is 2.00 bits per heavy atom. The first kappa shape index (κ1) is 4.20. The third-order valence-corrected chi connectivity index (χ3v) is 8.06. The quantitative estimate of drug-likeness (QED) is 0.434. The highest BCUT2D eigenvalue weighted by molar-refractivity contribution is 8.39. The summed E-state index contributed by atoms with van der Waals surface area (Å²) in [6.07, 6.45) is 0. The van der Waals surface area contributed by atoms with E-state index >= 15 is 0 Å². The van der Waals surface area contributed by atoms with Gasteiger partial charge in [-0.25, -0.2) is 0 Å². The van der Waals surface area contributed by atoms with Crippen LogP contribution >= 0.6 is 23.7 Å². The Morgan fingerprint density at radius 2 is 2.20 bits per heavy atom. The van der Waals surface area contributed by atoms with Gasteiger partial charge in [0.25, 0.3) is 0 Å². The lowest BCUT2D eigenvalue weighted by atomic mass is 11.0. The first-order valence-corrected chi connectivity index (χ1v) is 6.25. The van der Waals surface area contributed by atoms with Crippen LogP contribution in [0.4, 0.5) is 0 Å². The van der Waals surface area contributed by atoms with Crippen LogP contribution in [0.15, 0.2) is 0 Å². The summed E-state index contributed by atoms with van der Waals surface area (Å²) in [6.45, 7) is 2.75. The molecule has 0 aromatic heterocycles. The smallest absolute Gasteiger partial charge is 0.00913 e. The van der Waals surface area contributed by atoms with Crippen LogP contribution in [0, 0.1) is 0 Å². The summed E-state index contributed by atoms with van der Waals surface area (Å²) >= 11 is 0. The lowest BCUT2D eigenvalue weighted by molar-refractivity contribution is 1.45. The lowest BCUT2D eigenvalue weighted by Crippen LogP contribution is -1.51. The molecule has 0 nitrogen and oxygen atoms in total. The van der Waals surface area contributed by atoms with Crippen molar-refractivity contribution < 1.29 is 0 Å². The first-order chi connectivity index (χ1) is 2.30. The Balaban J connectivity index is 2.38. The molecule has 0 aromatic carbocycles. The molecular weight excluding hydrogens is 117 g/mol. The van der Waals surface area contributed by atoms with Gasteiger partial charge in [-0.2, -0.15) is 0 Å². The fraction of sp³-hybridized carbons (Fsp3) is 1.00. The minimum absolute atomic E-state index is 0.457. The maximum atomic E-state index is 2.86. The van der Waals surface area contributed by atoms with Crippen molar-refractivity contribution in [3.63, 3.8) is 0 Å². The van der Waals surface area contributed by atoms with E-state index in [1.807, 2.05) is 0 Å². The summed E-state index contributed by atoms with van der Waals surface area (Å²) in [6, 6.07) is 0. The van der Waals surface area contributed by atoms with Gasteiger partial charge in [0.2, 0.25) is 0 Å². The second-order valence-electron chi connectivity index (χ2n) is 1.13. The molecule has 28 valence electrons. The van der Waals surface area contributed by atoms with E-state index in [0.717, 1.165) is 5.40 Å². The molecule has 5 heavy (non-hydrogen) atoms. The van der Waals surface area contributed by atoms with Gasteiger partial charge >= 0.3 is 0 Å². The van der Waals surface area contributed by atoms with E-state index in [0.29, 0.717) is 6.90 Å². The molecule has 0 fully saturated rings. The third-order valence-electron chi connectivity index (χ3n) is 0.629. The van der Waals surface area contributed by atoms with Gasteiger partial charge in [0.15, 0.2) is 13.3 Å². The summed E-state index contributed by atoms with van der Waals surface area (Å²) in [4.78, 5) is 0. The predicted molar refractivity (Wildman–Crippen MR) is 33.0 cm³/mol. The van der Waals surface area contributed by atoms with Crippen molar-refractivity contribution in [2.45, 2.75) is 12.3 Å². The van der Waals surface area contributed by atoms with Crippen LogP contribution in [0.1, 0.15) is 6.92 Å². The summed E-state index contributed by atoms with van der Waals surface area (Å²) in [5.41, 5.74) is 0. The Morgan fingerprint density at radius 3 is 2.20 bits per heavy atom. The normalized spacial score (nSPS) is 43.6. The van der Waals surface area contributed by atoms with Crippen molar-refractivity contribution in [1.29, 1.82) is 0 Å². The highest BCUT2D eigenvalue weighted by atomic mass is 32.3. The molecule has 0 saturated carbocycles. The molecule has 0 radical (unpaired) electrons. The van der Waals surface area contributed by atoms with E-state index in [1.165, 1.54) is 0 Å². The molecule has 0 aromatic rings. The van der Waals surface area contributed by atoms with Gasteiger partial charge < -0.3 is 0 Å². The van der Waals surface area contributed by atoms with E-state index in [9.17, 15) is 0 Å². The van der Waals surface area contributed by atoms with Gasteiger partial charge in [-0.1, -0.05) is 0 Å². The average Bonchev–Trinajstić information content (AvgIpc) is 1.79. The summed E-state index contributed by atoms with van der Waals surface area (Å²) in [5, 5.41) is 1.05. The van der Waals surface area contributed by atoms with Crippen molar-refractivity contribution in [2.24, 2.45) is 0 Å². The number of hydrogen-bond donors (Lipinski definition) is 0. The Bertz CT molecular complexity index is 75.0. The standard InChI is InChI=1S/C2H6P3/c1-2-4-5(2)3/h2H,3H2,1H3/q+1. The van der Waals surface area contributed by atoms with Gasteiger partial charge in [-0.3, -0.25) is 0 Å². The van der Waals surface area contributed by atoms with Crippen LogP contribution in [0.3, 0.4) is 0 Å². The number of hydrogen-bond acceptors (Lipinski definition) is 0. The first-order valence-electron chi connectivity index (χ1n) is 1.55. The van der Waals surface area contributed by atoms with E-state index in [2.05, 4.69) is 15.9 Å². The van der Waals surface area contributed by atoms with Crippen molar-refractivity contribution >= 4 is 23.7 Å². The van der Waals surface area contributed by atoms with Crippen molar-refractivity contribution in [1.82, 2.24) is 0 Å². The van der Waals surface area contributed by atoms with Gasteiger partial charge in [-0.15, -0.1) is 0 Å². The minimum Gasteiger partial charge on any atom is -0.00913 e. The molecule has 0 bridgehead atoms. The molecule has 1 aliphatic rings. The molecule has 1 rings (SSSR count). The molecule has 1 heterocycles. The van der Waals surface area contributed by atoms with E-state index < -0.39 is 0 Å². The fourth-order valence-corrected chi connectivity index (χ4v) is 4.81. The SMILES string of the molecule is CC1P=[P+]1P. The predicted octanol–water partition coefficient (Wildman–Crippen LogP) is 2.48. The van der Waals surface area contributed by atoms with Crippen LogP contribution < -0.4 is 0 Å². The van der Waals surface area contributed by atoms with Crippen LogP contribution in [0.25, 0.3) is 0 Å². The molecule has 0 amide bonds. The molecule has 3 unspecified atom stereocenters. The molecule has 3 heteroatoms. The summed E-state index contributed by atoms with van der Waals surface area (Å²) in [7, 11) is 4.55. The van der Waals surface area contributed by atoms with Crippen LogP contribution in [0.5, 0.6) is 0 Å². The van der Waals surface area contributed by atoms with Crippen LogP contribution in [0.2, 0.25) is 0 Å². The Labute approximate surface area is 36.8 Å². The topological polar surface area (TPSA) is 0 Å². The Kier molecular flexibility index (Phi) is 1.06. The zero-order valence-electron chi connectivity index (χ0n) is 3.05. The summed E-state index contributed by atoms with van der Waals surface area (Å²) in [5.74, 6) is 0. The van der Waals surface area contributed by atoms with E-state index in [4.69, 9.17) is 0 Å². The molecule has 0 saturated heterocycles. The lowest BCUT2D eigenvalue weighted by Gasteiger charge is -1.51. The second kappa shape index (κ2) is 1.27. The minimum atomic E-state index is 0.457. The molecular formula is C2H6P3+. The van der Waals surface area contributed by atoms with Crippen molar-refractivity contribution in [3.05, 3.63) is 0 Å². The maximum Gasteiger partial charge on any atom is 0.198 e. The molecule has 3 atom stereocenters. The van der Waals surface area contributed by atoms with Crippen LogP contribution in [-0.4, -0.2) is 5.40 Å². The van der Waals surface area contributed by atoms with Crippen molar-refractivity contribution in [2.75, 3.05) is 0 Å². The third kappa shape index (κ3) is 0.934. The van der Waals surface area contributed by atoms with Gasteiger partial charge in [0, 0.05) is 0 Å². The van der Waals surface area contributed by atoms with E-state index in [1.54, 1.807) is 7.87 Å². The molecule has 1 aliphatic heterocycles. The largest absolute Gasteiger partial charge is 0.198 e. The van der Waals surface area contributed by atoms with Gasteiger partial charge in [0.1, 0.15) is 6.90 Å². The van der Waals surface area contributed by atoms with Crippen LogP contribution in [-0.2, 0) is 0 Å². The zero-order chi connectivity index (χ0) is 3.86. The van der Waals surface area contributed by atoms with Crippen molar-refractivity contribution in [3.8, 4) is 0 Å². The average molecular weight is 123 g/mol. The van der Waals surface area contributed by atoms with Gasteiger partial charge in [0.05, 0.1) is 8.93 Å². The zero-order valence-corrected chi connectivity index (χ0v) is 5.99. The molecule has 0 N–H and O–H groups in total. The summed E-state index contributed by atoms with van der Waals surface area (Å²) < 4.78 is 0. The highest BCUT2D eigenvalue weighted by Gasteiger charge is 2.31. The highest BCUT2D eigenvalue weighted by Crippen LogP contribution is 2.68. The van der Waals surface area contributed by atoms with Gasteiger partial charge in [-0.05, 0) is 6.92 Å². The molecule has 0 spiro atoms. The van der Waals surface area contributed by atoms with E-state index in [-0.39, 0.29) is 0 Å². The monoisotopic (exact) mass is 123 g/mol.